The maximum Gasteiger partial charge on any atom is 0.263 e. The van der Waals surface area contributed by atoms with Crippen molar-refractivity contribution in [3.8, 4) is 5.75 Å². The molecule has 1 aromatic heterocycles. The van der Waals surface area contributed by atoms with E-state index < -0.39 is 11.7 Å². The smallest absolute Gasteiger partial charge is 0.263 e. The third-order valence-electron chi connectivity index (χ3n) is 4.67. The van der Waals surface area contributed by atoms with E-state index in [9.17, 15) is 18.8 Å². The number of ketones is 2. The molecule has 0 spiro atoms. The molecule has 2 heterocycles. The topological polar surface area (TPSA) is 63.7 Å². The number of halogens is 1. The zero-order valence-corrected chi connectivity index (χ0v) is 16.0. The first-order chi connectivity index (χ1) is 12.9. The predicted molar refractivity (Wildman–Crippen MR) is 100 cm³/mol. The number of hydrogen-bond acceptors (Lipinski definition) is 5. The second-order valence-electron chi connectivity index (χ2n) is 6.52. The molecule has 3 rings (SSSR count). The van der Waals surface area contributed by atoms with Gasteiger partial charge < -0.3 is 9.64 Å². The number of amides is 1. The van der Waals surface area contributed by atoms with Crippen molar-refractivity contribution >= 4 is 28.8 Å². The summed E-state index contributed by atoms with van der Waals surface area (Å²) in [5.74, 6) is -1.07. The highest BCUT2D eigenvalue weighted by atomic mass is 32.1. The van der Waals surface area contributed by atoms with Gasteiger partial charge in [0.15, 0.2) is 11.6 Å². The monoisotopic (exact) mass is 389 g/mol. The van der Waals surface area contributed by atoms with Gasteiger partial charge in [-0.3, -0.25) is 14.4 Å². The van der Waals surface area contributed by atoms with Crippen molar-refractivity contribution in [3.63, 3.8) is 0 Å². The molecule has 5 nitrogen and oxygen atoms in total. The van der Waals surface area contributed by atoms with Crippen LogP contribution in [0.2, 0.25) is 0 Å². The number of thiophene rings is 1. The number of rotatable bonds is 5. The molecule has 7 heteroatoms. The number of likely N-dealkylation sites (tertiary alicyclic amines) is 1. The average Bonchev–Trinajstić information content (AvgIpc) is 3.17. The fourth-order valence-electron chi connectivity index (χ4n) is 3.27. The number of benzene rings is 1. The van der Waals surface area contributed by atoms with Gasteiger partial charge in [-0.2, -0.15) is 0 Å². The van der Waals surface area contributed by atoms with Crippen LogP contribution in [0.15, 0.2) is 30.3 Å². The number of hydrogen-bond donors (Lipinski definition) is 0. The molecule has 1 aliphatic rings. The Morgan fingerprint density at radius 3 is 2.59 bits per heavy atom. The van der Waals surface area contributed by atoms with Crippen LogP contribution in [0, 0.1) is 11.7 Å². The van der Waals surface area contributed by atoms with Crippen LogP contribution < -0.4 is 4.74 Å². The molecule has 142 valence electrons. The number of methoxy groups -OCH3 is 1. The van der Waals surface area contributed by atoms with Gasteiger partial charge in [-0.1, -0.05) is 0 Å². The van der Waals surface area contributed by atoms with Gasteiger partial charge in [0.1, 0.15) is 11.6 Å². The minimum Gasteiger partial charge on any atom is -0.496 e. The van der Waals surface area contributed by atoms with E-state index in [0.717, 1.165) is 11.3 Å². The molecule has 0 N–H and O–H groups in total. The predicted octanol–water partition coefficient (Wildman–Crippen LogP) is 3.83. The number of nitrogens with zero attached hydrogens (tertiary/aromatic N) is 1. The summed E-state index contributed by atoms with van der Waals surface area (Å²) >= 11 is 1.16. The number of carbonyl (C=O) groups is 3. The molecule has 27 heavy (non-hydrogen) atoms. The summed E-state index contributed by atoms with van der Waals surface area (Å²) < 4.78 is 18.8. The summed E-state index contributed by atoms with van der Waals surface area (Å²) in [6.45, 7) is 2.28. The normalized spacial score (nSPS) is 16.9. The summed E-state index contributed by atoms with van der Waals surface area (Å²) in [5, 5.41) is 0. The van der Waals surface area contributed by atoms with Gasteiger partial charge in [0, 0.05) is 19.0 Å². The Morgan fingerprint density at radius 1 is 1.19 bits per heavy atom. The Balaban J connectivity index is 1.77. The Morgan fingerprint density at radius 2 is 1.93 bits per heavy atom. The SMILES string of the molecule is COc1ccc(F)cc1C(=O)[C@@H]1CCCN(C(=O)c2ccc(C(C)=O)s2)C1. The van der Waals surface area contributed by atoms with Gasteiger partial charge in [0.05, 0.1) is 22.4 Å². The van der Waals surface area contributed by atoms with Crippen LogP contribution in [0.5, 0.6) is 5.75 Å². The fraction of sp³-hybridized carbons (Fsp3) is 0.350. The Labute approximate surface area is 160 Å². The number of carbonyl (C=O) groups excluding carboxylic acids is 3. The first-order valence-electron chi connectivity index (χ1n) is 8.68. The highest BCUT2D eigenvalue weighted by Crippen LogP contribution is 2.28. The van der Waals surface area contributed by atoms with E-state index in [4.69, 9.17) is 4.74 Å². The molecule has 0 radical (unpaired) electrons. The molecular weight excluding hydrogens is 369 g/mol. The maximum atomic E-state index is 13.6. The van der Waals surface area contributed by atoms with Crippen LogP contribution in [0.1, 0.15) is 49.5 Å². The van der Waals surface area contributed by atoms with Gasteiger partial charge in [-0.05, 0) is 50.1 Å². The van der Waals surface area contributed by atoms with E-state index in [2.05, 4.69) is 0 Å². The van der Waals surface area contributed by atoms with Crippen molar-refractivity contribution < 1.29 is 23.5 Å². The molecule has 0 bridgehead atoms. The van der Waals surface area contributed by atoms with E-state index in [-0.39, 0.29) is 29.6 Å². The first kappa shape index (κ1) is 19.2. The average molecular weight is 389 g/mol. The van der Waals surface area contributed by atoms with Crippen LogP contribution in [0.4, 0.5) is 4.39 Å². The third kappa shape index (κ3) is 4.08. The van der Waals surface area contributed by atoms with E-state index in [0.29, 0.717) is 34.9 Å². The minimum absolute atomic E-state index is 0.0797. The molecule has 0 aliphatic carbocycles. The molecule has 1 atom stereocenters. The highest BCUT2D eigenvalue weighted by molar-refractivity contribution is 7.15. The van der Waals surface area contributed by atoms with Gasteiger partial charge in [0.25, 0.3) is 5.91 Å². The maximum absolute atomic E-state index is 13.6. The lowest BCUT2D eigenvalue weighted by Gasteiger charge is -2.32. The van der Waals surface area contributed by atoms with Crippen LogP contribution in [0.3, 0.4) is 0 Å². The fourth-order valence-corrected chi connectivity index (χ4v) is 4.14. The van der Waals surface area contributed by atoms with Crippen LogP contribution in [-0.4, -0.2) is 42.6 Å². The van der Waals surface area contributed by atoms with Gasteiger partial charge >= 0.3 is 0 Å². The minimum atomic E-state index is -0.502. The number of ether oxygens (including phenoxy) is 1. The second-order valence-corrected chi connectivity index (χ2v) is 7.60. The van der Waals surface area contributed by atoms with Crippen LogP contribution in [-0.2, 0) is 0 Å². The van der Waals surface area contributed by atoms with Crippen LogP contribution >= 0.6 is 11.3 Å². The summed E-state index contributed by atoms with van der Waals surface area (Å²) in [5.41, 5.74) is 0.201. The van der Waals surface area contributed by atoms with Crippen molar-refractivity contribution in [2.75, 3.05) is 20.2 Å². The molecule has 2 aromatic rings. The van der Waals surface area contributed by atoms with E-state index in [1.165, 1.54) is 32.2 Å². The van der Waals surface area contributed by atoms with Gasteiger partial charge in [-0.25, -0.2) is 4.39 Å². The zero-order valence-electron chi connectivity index (χ0n) is 15.2. The van der Waals surface area contributed by atoms with Gasteiger partial charge in [0.2, 0.25) is 0 Å². The van der Waals surface area contributed by atoms with E-state index in [1.54, 1.807) is 17.0 Å². The molecule has 1 saturated heterocycles. The lowest BCUT2D eigenvalue weighted by molar-refractivity contribution is 0.0640. The zero-order chi connectivity index (χ0) is 19.6. The summed E-state index contributed by atoms with van der Waals surface area (Å²) in [6, 6.07) is 7.15. The summed E-state index contributed by atoms with van der Waals surface area (Å²) in [7, 11) is 1.43. The number of Topliss-reactive ketones (excluding diaryl/α,β-unsaturated/α-hetero) is 2. The standard InChI is InChI=1S/C20H20FNO4S/c1-12(23)17-7-8-18(27-17)20(25)22-9-3-4-13(11-22)19(24)15-10-14(21)5-6-16(15)26-2/h5-8,10,13H,3-4,9,11H2,1-2H3/t13-/m1/s1. The van der Waals surface area contributed by atoms with Crippen LogP contribution in [0.25, 0.3) is 0 Å². The molecule has 0 saturated carbocycles. The lowest BCUT2D eigenvalue weighted by Crippen LogP contribution is -2.42. The Kier molecular flexibility index (Phi) is 5.70. The molecule has 1 aliphatic heterocycles. The summed E-state index contributed by atoms with van der Waals surface area (Å²) in [6.07, 6.45) is 1.32. The molecule has 1 aromatic carbocycles. The molecule has 1 fully saturated rings. The quantitative estimate of drug-likeness (QED) is 0.729. The molecule has 1 amide bonds. The highest BCUT2D eigenvalue weighted by Gasteiger charge is 2.31. The summed E-state index contributed by atoms with van der Waals surface area (Å²) in [4.78, 5) is 39.7. The van der Waals surface area contributed by atoms with E-state index in [1.807, 2.05) is 0 Å². The van der Waals surface area contributed by atoms with Crippen molar-refractivity contribution in [2.45, 2.75) is 19.8 Å². The van der Waals surface area contributed by atoms with Crippen molar-refractivity contribution in [1.82, 2.24) is 4.90 Å². The van der Waals surface area contributed by atoms with E-state index >= 15 is 0 Å². The van der Waals surface area contributed by atoms with Crippen molar-refractivity contribution in [2.24, 2.45) is 5.92 Å². The van der Waals surface area contributed by atoms with Crippen molar-refractivity contribution in [3.05, 3.63) is 51.5 Å². The van der Waals surface area contributed by atoms with Gasteiger partial charge in [-0.15, -0.1) is 11.3 Å². The molecular formula is C20H20FNO4S. The number of piperidine rings is 1. The van der Waals surface area contributed by atoms with Crippen molar-refractivity contribution in [1.29, 1.82) is 0 Å². The first-order valence-corrected chi connectivity index (χ1v) is 9.50. The third-order valence-corrected chi connectivity index (χ3v) is 5.84. The Bertz CT molecular complexity index is 892. The second kappa shape index (κ2) is 8.00. The Hall–Kier alpha value is -2.54. The molecule has 0 unspecified atom stereocenters. The lowest BCUT2D eigenvalue weighted by atomic mass is 9.89. The largest absolute Gasteiger partial charge is 0.496 e.